The molecule has 1 rings (SSSR count). The Morgan fingerprint density at radius 3 is 2.42 bits per heavy atom. The topological polar surface area (TPSA) is 113 Å². The number of nitrogens with one attached hydrogen (secondary N) is 1. The Morgan fingerprint density at radius 2 is 2.00 bits per heavy atom. The number of hydrogen-bond acceptors (Lipinski definition) is 5. The first-order chi connectivity index (χ1) is 8.94. The summed E-state index contributed by atoms with van der Waals surface area (Å²) >= 11 is 0. The number of rotatable bonds is 6. The van der Waals surface area contributed by atoms with Crippen molar-refractivity contribution in [2.75, 3.05) is 18.9 Å². The molecule has 1 aromatic heterocycles. The van der Waals surface area contributed by atoms with E-state index in [9.17, 15) is 15.0 Å². The average Bonchev–Trinajstić information content (AvgIpc) is 2.71. The lowest BCUT2D eigenvalue weighted by atomic mass is 9.98. The molecule has 0 aliphatic carbocycles. The minimum Gasteiger partial charge on any atom is -0.395 e. The molecule has 7 heteroatoms. The van der Waals surface area contributed by atoms with Crippen LogP contribution in [0, 0.1) is 6.92 Å². The van der Waals surface area contributed by atoms with Gasteiger partial charge in [0.15, 0.2) is 0 Å². The van der Waals surface area contributed by atoms with E-state index < -0.39 is 11.4 Å². The summed E-state index contributed by atoms with van der Waals surface area (Å²) in [6, 6.07) is 0. The molecule has 7 nitrogen and oxygen atoms in total. The fourth-order valence-electron chi connectivity index (χ4n) is 1.80. The Labute approximate surface area is 112 Å². The smallest absolute Gasteiger partial charge is 0.272 e. The Kier molecular flexibility index (Phi) is 4.90. The van der Waals surface area contributed by atoms with E-state index >= 15 is 0 Å². The van der Waals surface area contributed by atoms with Gasteiger partial charge in [-0.2, -0.15) is 5.10 Å². The van der Waals surface area contributed by atoms with E-state index in [-0.39, 0.29) is 18.9 Å². The Bertz CT molecular complexity index is 444. The predicted molar refractivity (Wildman–Crippen MR) is 71.7 cm³/mol. The van der Waals surface area contributed by atoms with Gasteiger partial charge in [-0.1, -0.05) is 6.92 Å². The van der Waals surface area contributed by atoms with E-state index in [1.54, 1.807) is 13.8 Å². The normalized spacial score (nSPS) is 11.6. The maximum Gasteiger partial charge on any atom is 0.272 e. The number of anilines is 1. The highest BCUT2D eigenvalue weighted by atomic mass is 16.3. The first-order valence-electron chi connectivity index (χ1n) is 6.31. The number of aliphatic hydroxyl groups is 2. The van der Waals surface area contributed by atoms with Crippen molar-refractivity contribution in [1.82, 2.24) is 15.1 Å². The van der Waals surface area contributed by atoms with Gasteiger partial charge in [-0.3, -0.25) is 9.48 Å². The third-order valence-corrected chi connectivity index (χ3v) is 3.35. The van der Waals surface area contributed by atoms with Gasteiger partial charge in [-0.15, -0.1) is 0 Å². The molecule has 108 valence electrons. The van der Waals surface area contributed by atoms with Gasteiger partial charge in [0.25, 0.3) is 5.91 Å². The molecule has 0 saturated carbocycles. The number of carbonyl (C=O) groups is 1. The van der Waals surface area contributed by atoms with Crippen molar-refractivity contribution in [2.45, 2.75) is 39.3 Å². The van der Waals surface area contributed by atoms with Crippen molar-refractivity contribution >= 4 is 11.6 Å². The van der Waals surface area contributed by atoms with Gasteiger partial charge in [0.1, 0.15) is 5.69 Å². The first-order valence-corrected chi connectivity index (χ1v) is 6.31. The summed E-state index contributed by atoms with van der Waals surface area (Å²) in [6.07, 6.45) is 0.408. The van der Waals surface area contributed by atoms with Crippen LogP contribution in [0.25, 0.3) is 0 Å². The summed E-state index contributed by atoms with van der Waals surface area (Å²) in [5.74, 6) is -0.440. The van der Waals surface area contributed by atoms with Crippen LogP contribution in [0.3, 0.4) is 0 Å². The zero-order chi connectivity index (χ0) is 14.6. The Hall–Kier alpha value is -1.60. The standard InChI is InChI=1S/C12H22N4O3/c1-4-12(6-17,7-18)14-11(19)10-9(13)8(3)15-16(10)5-2/h17-18H,4-7,13H2,1-3H3,(H,14,19). The molecule has 0 aliphatic heterocycles. The number of carbonyl (C=O) groups excluding carboxylic acids is 1. The van der Waals surface area contributed by atoms with Crippen LogP contribution in [0.4, 0.5) is 5.69 Å². The van der Waals surface area contributed by atoms with Crippen LogP contribution in [0.1, 0.15) is 36.5 Å². The van der Waals surface area contributed by atoms with Crippen LogP contribution in [0.5, 0.6) is 0 Å². The monoisotopic (exact) mass is 270 g/mol. The van der Waals surface area contributed by atoms with Crippen molar-refractivity contribution in [3.8, 4) is 0 Å². The number of aliphatic hydroxyl groups excluding tert-OH is 2. The number of nitrogen functional groups attached to an aromatic ring is 1. The number of aryl methyl sites for hydroxylation is 2. The minimum absolute atomic E-state index is 0.264. The molecule has 1 amide bonds. The van der Waals surface area contributed by atoms with Crippen molar-refractivity contribution in [3.63, 3.8) is 0 Å². The number of nitrogens with two attached hydrogens (primary N) is 1. The van der Waals surface area contributed by atoms with Gasteiger partial charge < -0.3 is 21.3 Å². The highest BCUT2D eigenvalue weighted by molar-refractivity contribution is 5.98. The number of aromatic nitrogens is 2. The van der Waals surface area contributed by atoms with Crippen LogP contribution in [-0.4, -0.2) is 44.7 Å². The molecule has 0 bridgehead atoms. The molecule has 0 unspecified atom stereocenters. The lowest BCUT2D eigenvalue weighted by Gasteiger charge is -2.29. The summed E-state index contributed by atoms with van der Waals surface area (Å²) in [6.45, 7) is 5.18. The van der Waals surface area contributed by atoms with Gasteiger partial charge in [0.2, 0.25) is 0 Å². The van der Waals surface area contributed by atoms with Gasteiger partial charge in [0.05, 0.1) is 30.1 Å². The van der Waals surface area contributed by atoms with E-state index in [0.29, 0.717) is 24.3 Å². The Balaban J connectivity index is 3.07. The molecule has 19 heavy (non-hydrogen) atoms. The minimum atomic E-state index is -1.04. The molecule has 0 aliphatic rings. The molecule has 1 aromatic rings. The largest absolute Gasteiger partial charge is 0.395 e. The fraction of sp³-hybridized carbons (Fsp3) is 0.667. The zero-order valence-corrected chi connectivity index (χ0v) is 11.6. The SMILES string of the molecule is CCn1nc(C)c(N)c1C(=O)NC(CC)(CO)CO. The number of amides is 1. The van der Waals surface area contributed by atoms with Crippen LogP contribution in [0.15, 0.2) is 0 Å². The molecular weight excluding hydrogens is 248 g/mol. The number of nitrogens with zero attached hydrogens (tertiary/aromatic N) is 2. The van der Waals surface area contributed by atoms with Crippen LogP contribution in [0.2, 0.25) is 0 Å². The van der Waals surface area contributed by atoms with Gasteiger partial charge in [-0.05, 0) is 20.3 Å². The van der Waals surface area contributed by atoms with Crippen molar-refractivity contribution in [1.29, 1.82) is 0 Å². The quantitative estimate of drug-likeness (QED) is 0.564. The van der Waals surface area contributed by atoms with E-state index in [2.05, 4.69) is 10.4 Å². The summed E-state index contributed by atoms with van der Waals surface area (Å²) in [5.41, 5.74) is 5.98. The lowest BCUT2D eigenvalue weighted by Crippen LogP contribution is -2.54. The van der Waals surface area contributed by atoms with E-state index in [1.165, 1.54) is 4.68 Å². The lowest BCUT2D eigenvalue weighted by molar-refractivity contribution is 0.0645. The molecule has 0 atom stereocenters. The first kappa shape index (κ1) is 15.5. The van der Waals surface area contributed by atoms with Gasteiger partial charge in [0, 0.05) is 6.54 Å². The van der Waals surface area contributed by atoms with Crippen molar-refractivity contribution in [2.24, 2.45) is 0 Å². The third-order valence-electron chi connectivity index (χ3n) is 3.35. The highest BCUT2D eigenvalue weighted by Crippen LogP contribution is 2.18. The summed E-state index contributed by atoms with van der Waals surface area (Å²) < 4.78 is 1.51. The van der Waals surface area contributed by atoms with Gasteiger partial charge in [-0.25, -0.2) is 0 Å². The molecular formula is C12H22N4O3. The van der Waals surface area contributed by atoms with Crippen molar-refractivity contribution in [3.05, 3.63) is 11.4 Å². The summed E-state index contributed by atoms with van der Waals surface area (Å²) in [4.78, 5) is 12.3. The van der Waals surface area contributed by atoms with E-state index in [1.807, 2.05) is 6.92 Å². The second-order valence-corrected chi connectivity index (χ2v) is 4.57. The second kappa shape index (κ2) is 6.03. The molecule has 1 heterocycles. The molecule has 0 fully saturated rings. The number of hydrogen-bond donors (Lipinski definition) is 4. The maximum absolute atomic E-state index is 12.3. The van der Waals surface area contributed by atoms with E-state index in [0.717, 1.165) is 0 Å². The van der Waals surface area contributed by atoms with Crippen LogP contribution >= 0.6 is 0 Å². The second-order valence-electron chi connectivity index (χ2n) is 4.57. The molecule has 0 spiro atoms. The molecule has 0 aromatic carbocycles. The average molecular weight is 270 g/mol. The fourth-order valence-corrected chi connectivity index (χ4v) is 1.80. The molecule has 0 radical (unpaired) electrons. The predicted octanol–water partition coefficient (Wildman–Crippen LogP) is -0.343. The van der Waals surface area contributed by atoms with E-state index in [4.69, 9.17) is 5.73 Å². The molecule has 0 saturated heterocycles. The van der Waals surface area contributed by atoms with Crippen LogP contribution in [-0.2, 0) is 6.54 Å². The van der Waals surface area contributed by atoms with Crippen molar-refractivity contribution < 1.29 is 15.0 Å². The third kappa shape index (κ3) is 2.87. The Morgan fingerprint density at radius 1 is 1.42 bits per heavy atom. The summed E-state index contributed by atoms with van der Waals surface area (Å²) in [5, 5.41) is 25.5. The zero-order valence-electron chi connectivity index (χ0n) is 11.6. The molecule has 5 N–H and O–H groups in total. The summed E-state index contributed by atoms with van der Waals surface area (Å²) in [7, 11) is 0. The van der Waals surface area contributed by atoms with Crippen LogP contribution < -0.4 is 11.1 Å². The maximum atomic E-state index is 12.3. The van der Waals surface area contributed by atoms with Gasteiger partial charge >= 0.3 is 0 Å². The highest BCUT2D eigenvalue weighted by Gasteiger charge is 2.31.